The zero-order valence-corrected chi connectivity index (χ0v) is 9.42. The molecule has 84 valence electrons. The summed E-state index contributed by atoms with van der Waals surface area (Å²) in [5.74, 6) is 0.0731. The van der Waals surface area contributed by atoms with Crippen molar-refractivity contribution in [3.8, 4) is 0 Å². The first-order valence-electron chi connectivity index (χ1n) is 5.80. The van der Waals surface area contributed by atoms with Gasteiger partial charge in [0.25, 0.3) is 0 Å². The van der Waals surface area contributed by atoms with Gasteiger partial charge in [-0.05, 0) is 43.4 Å². The van der Waals surface area contributed by atoms with Gasteiger partial charge in [-0.3, -0.25) is 4.79 Å². The Morgan fingerprint density at radius 3 is 2.94 bits per heavy atom. The van der Waals surface area contributed by atoms with E-state index in [0.717, 1.165) is 30.5 Å². The Bertz CT molecular complexity index is 463. The Morgan fingerprint density at radius 1 is 1.50 bits per heavy atom. The van der Waals surface area contributed by atoms with Crippen LogP contribution in [-0.4, -0.2) is 11.4 Å². The molecule has 1 fully saturated rings. The largest absolute Gasteiger partial charge is 0.325 e. The van der Waals surface area contributed by atoms with Gasteiger partial charge in [-0.2, -0.15) is 0 Å². The van der Waals surface area contributed by atoms with Crippen molar-refractivity contribution in [1.29, 1.82) is 0 Å². The minimum Gasteiger partial charge on any atom is -0.325 e. The van der Waals surface area contributed by atoms with E-state index < -0.39 is 0 Å². The fraction of sp³-hybridized carbons (Fsp3) is 0.462. The van der Waals surface area contributed by atoms with E-state index in [-0.39, 0.29) is 17.4 Å². The summed E-state index contributed by atoms with van der Waals surface area (Å²) in [6, 6.07) is 6.20. The standard InChI is InChI=1S/C13H16N2O/c1-8-10-6-9(7-13(14)4-5-13)2-3-11(10)15-12(8)16/h2-3,6,8H,4-5,7,14H2,1H3,(H,15,16). The van der Waals surface area contributed by atoms with Gasteiger partial charge in [-0.15, -0.1) is 0 Å². The van der Waals surface area contributed by atoms with Crippen LogP contribution in [0.3, 0.4) is 0 Å². The highest BCUT2D eigenvalue weighted by molar-refractivity contribution is 6.02. The van der Waals surface area contributed by atoms with E-state index in [1.807, 2.05) is 13.0 Å². The lowest BCUT2D eigenvalue weighted by Gasteiger charge is -2.10. The fourth-order valence-corrected chi connectivity index (χ4v) is 2.32. The summed E-state index contributed by atoms with van der Waals surface area (Å²) >= 11 is 0. The molecule has 3 nitrogen and oxygen atoms in total. The Morgan fingerprint density at radius 2 is 2.25 bits per heavy atom. The predicted molar refractivity (Wildman–Crippen MR) is 63.3 cm³/mol. The van der Waals surface area contributed by atoms with Crippen LogP contribution in [-0.2, 0) is 11.2 Å². The molecule has 2 aliphatic rings. The Hall–Kier alpha value is -1.35. The zero-order valence-electron chi connectivity index (χ0n) is 9.42. The van der Waals surface area contributed by atoms with Gasteiger partial charge in [0.2, 0.25) is 5.91 Å². The average molecular weight is 216 g/mol. The average Bonchev–Trinajstić information content (AvgIpc) is 2.90. The number of hydrogen-bond acceptors (Lipinski definition) is 2. The number of nitrogens with one attached hydrogen (secondary N) is 1. The number of hydrogen-bond donors (Lipinski definition) is 2. The van der Waals surface area contributed by atoms with Crippen LogP contribution in [0.5, 0.6) is 0 Å². The summed E-state index contributed by atoms with van der Waals surface area (Å²) in [4.78, 5) is 11.5. The molecule has 16 heavy (non-hydrogen) atoms. The van der Waals surface area contributed by atoms with Crippen molar-refractivity contribution in [1.82, 2.24) is 0 Å². The topological polar surface area (TPSA) is 55.1 Å². The molecule has 1 unspecified atom stereocenters. The van der Waals surface area contributed by atoms with E-state index in [1.54, 1.807) is 0 Å². The normalized spacial score (nSPS) is 25.1. The highest BCUT2D eigenvalue weighted by Gasteiger charge is 2.38. The van der Waals surface area contributed by atoms with Gasteiger partial charge in [0.1, 0.15) is 0 Å². The molecule has 1 saturated carbocycles. The van der Waals surface area contributed by atoms with E-state index in [2.05, 4.69) is 17.4 Å². The molecule has 3 N–H and O–H groups in total. The first kappa shape index (κ1) is 9.85. The van der Waals surface area contributed by atoms with E-state index in [4.69, 9.17) is 5.73 Å². The van der Waals surface area contributed by atoms with Crippen molar-refractivity contribution < 1.29 is 4.79 Å². The number of fused-ring (bicyclic) bond motifs is 1. The lowest BCUT2D eigenvalue weighted by Crippen LogP contribution is -2.24. The number of benzene rings is 1. The maximum Gasteiger partial charge on any atom is 0.231 e. The summed E-state index contributed by atoms with van der Waals surface area (Å²) < 4.78 is 0. The molecule has 0 saturated heterocycles. The maximum absolute atomic E-state index is 11.5. The van der Waals surface area contributed by atoms with Gasteiger partial charge in [0, 0.05) is 11.2 Å². The van der Waals surface area contributed by atoms with Crippen LogP contribution >= 0.6 is 0 Å². The summed E-state index contributed by atoms with van der Waals surface area (Å²) in [6.45, 7) is 1.94. The quantitative estimate of drug-likeness (QED) is 0.791. The minimum absolute atomic E-state index is 0.0251. The van der Waals surface area contributed by atoms with Crippen molar-refractivity contribution in [3.05, 3.63) is 29.3 Å². The first-order valence-corrected chi connectivity index (χ1v) is 5.80. The molecule has 3 rings (SSSR count). The molecule has 1 aromatic rings. The molecule has 0 spiro atoms. The molecule has 1 aliphatic heterocycles. The minimum atomic E-state index is -0.0251. The Labute approximate surface area is 95.0 Å². The van der Waals surface area contributed by atoms with Gasteiger partial charge in [0.15, 0.2) is 0 Å². The van der Waals surface area contributed by atoms with Crippen LogP contribution < -0.4 is 11.1 Å². The van der Waals surface area contributed by atoms with Crippen molar-refractivity contribution in [2.45, 2.75) is 37.6 Å². The third-order valence-corrected chi connectivity index (χ3v) is 3.68. The lowest BCUT2D eigenvalue weighted by atomic mass is 9.97. The fourth-order valence-electron chi connectivity index (χ4n) is 2.32. The van der Waals surface area contributed by atoms with E-state index in [1.165, 1.54) is 5.56 Å². The number of carbonyl (C=O) groups excluding carboxylic acids is 1. The third kappa shape index (κ3) is 1.52. The molecule has 1 heterocycles. The van der Waals surface area contributed by atoms with Crippen LogP contribution in [0, 0.1) is 0 Å². The van der Waals surface area contributed by atoms with Crippen LogP contribution in [0.25, 0.3) is 0 Å². The van der Waals surface area contributed by atoms with Crippen LogP contribution in [0.2, 0.25) is 0 Å². The molecule has 0 aromatic heterocycles. The second kappa shape index (κ2) is 3.08. The zero-order chi connectivity index (χ0) is 11.3. The van der Waals surface area contributed by atoms with Gasteiger partial charge in [-0.1, -0.05) is 12.1 Å². The van der Waals surface area contributed by atoms with Crippen molar-refractivity contribution in [2.75, 3.05) is 5.32 Å². The van der Waals surface area contributed by atoms with Crippen molar-refractivity contribution >= 4 is 11.6 Å². The van der Waals surface area contributed by atoms with Crippen LogP contribution in [0.1, 0.15) is 36.8 Å². The predicted octanol–water partition coefficient (Wildman–Crippen LogP) is 1.78. The molecule has 1 atom stereocenters. The number of amides is 1. The number of anilines is 1. The lowest BCUT2D eigenvalue weighted by molar-refractivity contribution is -0.116. The smallest absolute Gasteiger partial charge is 0.231 e. The van der Waals surface area contributed by atoms with Crippen LogP contribution in [0.4, 0.5) is 5.69 Å². The molecule has 1 aromatic carbocycles. The maximum atomic E-state index is 11.5. The molecule has 0 bridgehead atoms. The van der Waals surface area contributed by atoms with Crippen molar-refractivity contribution in [2.24, 2.45) is 5.73 Å². The van der Waals surface area contributed by atoms with Crippen LogP contribution in [0.15, 0.2) is 18.2 Å². The highest BCUT2D eigenvalue weighted by atomic mass is 16.2. The van der Waals surface area contributed by atoms with E-state index in [0.29, 0.717) is 0 Å². The van der Waals surface area contributed by atoms with Gasteiger partial charge in [-0.25, -0.2) is 0 Å². The summed E-state index contributed by atoms with van der Waals surface area (Å²) in [7, 11) is 0. The molecule has 1 aliphatic carbocycles. The second-order valence-corrected chi connectivity index (χ2v) is 5.17. The highest BCUT2D eigenvalue weighted by Crippen LogP contribution is 2.38. The molecule has 1 amide bonds. The number of nitrogens with two attached hydrogens (primary N) is 1. The summed E-state index contributed by atoms with van der Waals surface area (Å²) in [5.41, 5.74) is 9.47. The molecule has 0 radical (unpaired) electrons. The Kier molecular flexibility index (Phi) is 1.89. The summed E-state index contributed by atoms with van der Waals surface area (Å²) in [5, 5.41) is 2.88. The Balaban J connectivity index is 1.91. The SMILES string of the molecule is CC1C(=O)Nc2ccc(CC3(N)CC3)cc21. The molecule has 3 heteroatoms. The van der Waals surface area contributed by atoms with E-state index >= 15 is 0 Å². The third-order valence-electron chi connectivity index (χ3n) is 3.68. The van der Waals surface area contributed by atoms with Gasteiger partial charge in [0.05, 0.1) is 5.92 Å². The van der Waals surface area contributed by atoms with Gasteiger partial charge < -0.3 is 11.1 Å². The van der Waals surface area contributed by atoms with E-state index in [9.17, 15) is 4.79 Å². The monoisotopic (exact) mass is 216 g/mol. The molecular formula is C13H16N2O. The number of carbonyl (C=O) groups is 1. The summed E-state index contributed by atoms with van der Waals surface area (Å²) in [6.07, 6.45) is 3.18. The number of rotatable bonds is 2. The van der Waals surface area contributed by atoms with Gasteiger partial charge >= 0.3 is 0 Å². The first-order chi connectivity index (χ1) is 7.57. The second-order valence-electron chi connectivity index (χ2n) is 5.17. The van der Waals surface area contributed by atoms with Crippen molar-refractivity contribution in [3.63, 3.8) is 0 Å². The molecular weight excluding hydrogens is 200 g/mol.